The summed E-state index contributed by atoms with van der Waals surface area (Å²) >= 11 is 6.61. The number of rotatable bonds is 6. The van der Waals surface area contributed by atoms with E-state index in [1.807, 2.05) is 13.0 Å². The van der Waals surface area contributed by atoms with Crippen LogP contribution in [0.4, 0.5) is 10.8 Å². The molecule has 0 radical (unpaired) electrons. The fourth-order valence-corrected chi connectivity index (χ4v) is 4.52. The summed E-state index contributed by atoms with van der Waals surface area (Å²) in [5, 5.41) is 9.98. The maximum Gasteiger partial charge on any atom is 0.339 e. The molecule has 0 fully saturated rings. The minimum absolute atomic E-state index is 0.00253. The molecular formula is C18H15ClN4O5S2. The molecule has 0 bridgehead atoms. The Labute approximate surface area is 181 Å². The number of methoxy groups -OCH3 is 1. The summed E-state index contributed by atoms with van der Waals surface area (Å²) in [6.07, 6.45) is 0. The molecule has 0 aliphatic rings. The van der Waals surface area contributed by atoms with E-state index in [9.17, 15) is 18.0 Å². The maximum atomic E-state index is 12.6. The largest absolute Gasteiger partial charge is 0.465 e. The molecule has 0 saturated heterocycles. The number of aryl methyl sites for hydroxylation is 1. The van der Waals surface area contributed by atoms with Crippen LogP contribution in [0.2, 0.25) is 5.02 Å². The summed E-state index contributed by atoms with van der Waals surface area (Å²) in [6.45, 7) is 1.85. The number of esters is 1. The normalized spacial score (nSPS) is 11.0. The molecule has 0 saturated carbocycles. The topological polar surface area (TPSA) is 127 Å². The molecule has 1 aromatic heterocycles. The van der Waals surface area contributed by atoms with Gasteiger partial charge in [-0.05, 0) is 37.3 Å². The van der Waals surface area contributed by atoms with Crippen molar-refractivity contribution in [1.82, 2.24) is 10.2 Å². The number of carbonyl (C=O) groups is 2. The highest BCUT2D eigenvalue weighted by Crippen LogP contribution is 2.26. The van der Waals surface area contributed by atoms with Crippen molar-refractivity contribution in [2.24, 2.45) is 0 Å². The van der Waals surface area contributed by atoms with E-state index in [4.69, 9.17) is 11.6 Å². The van der Waals surface area contributed by atoms with E-state index in [2.05, 4.69) is 25.0 Å². The second-order valence-corrected chi connectivity index (χ2v) is 9.23. The van der Waals surface area contributed by atoms with Crippen molar-refractivity contribution >= 4 is 55.7 Å². The van der Waals surface area contributed by atoms with Gasteiger partial charge in [0.15, 0.2) is 0 Å². The summed E-state index contributed by atoms with van der Waals surface area (Å²) < 4.78 is 31.7. The first-order chi connectivity index (χ1) is 14.2. The molecule has 1 heterocycles. The Bertz CT molecular complexity index is 1230. The molecule has 9 nitrogen and oxygen atoms in total. The first-order valence-electron chi connectivity index (χ1n) is 8.32. The van der Waals surface area contributed by atoms with E-state index in [-0.39, 0.29) is 25.7 Å². The van der Waals surface area contributed by atoms with Crippen LogP contribution in [0.25, 0.3) is 0 Å². The van der Waals surface area contributed by atoms with Crippen molar-refractivity contribution < 1.29 is 22.7 Å². The summed E-state index contributed by atoms with van der Waals surface area (Å²) in [6, 6.07) is 10.9. The number of nitrogens with zero attached hydrogens (tertiary/aromatic N) is 2. The molecule has 2 N–H and O–H groups in total. The fourth-order valence-electron chi connectivity index (χ4n) is 2.38. The second kappa shape index (κ2) is 8.78. The van der Waals surface area contributed by atoms with Gasteiger partial charge in [0, 0.05) is 11.3 Å². The first-order valence-corrected chi connectivity index (χ1v) is 11.0. The number of carbonyl (C=O) groups excluding carboxylic acids is 2. The van der Waals surface area contributed by atoms with E-state index in [1.54, 1.807) is 18.2 Å². The van der Waals surface area contributed by atoms with Gasteiger partial charge in [0.05, 0.1) is 17.7 Å². The number of hydrogen-bond donors (Lipinski definition) is 2. The van der Waals surface area contributed by atoms with Crippen molar-refractivity contribution in [2.75, 3.05) is 17.1 Å². The zero-order chi connectivity index (χ0) is 21.9. The van der Waals surface area contributed by atoms with E-state index in [1.165, 1.54) is 25.3 Å². The molecule has 156 valence electrons. The van der Waals surface area contributed by atoms with Crippen molar-refractivity contribution in [3.8, 4) is 0 Å². The van der Waals surface area contributed by atoms with E-state index in [0.717, 1.165) is 5.56 Å². The number of halogens is 1. The molecule has 1 amide bonds. The van der Waals surface area contributed by atoms with Crippen LogP contribution >= 0.6 is 22.9 Å². The predicted molar refractivity (Wildman–Crippen MR) is 113 cm³/mol. The van der Waals surface area contributed by atoms with E-state index >= 15 is 0 Å². The molecule has 3 aromatic rings. The number of benzene rings is 2. The molecule has 0 aliphatic carbocycles. The lowest BCUT2D eigenvalue weighted by Gasteiger charge is -2.08. The Morgan fingerprint density at radius 2 is 1.90 bits per heavy atom. The maximum absolute atomic E-state index is 12.6. The van der Waals surface area contributed by atoms with Gasteiger partial charge < -0.3 is 4.74 Å². The zero-order valence-electron chi connectivity index (χ0n) is 15.7. The number of aromatic nitrogens is 2. The van der Waals surface area contributed by atoms with Crippen LogP contribution in [0.1, 0.15) is 26.3 Å². The Morgan fingerprint density at radius 3 is 2.60 bits per heavy atom. The number of ether oxygens (including phenoxy) is 1. The molecule has 12 heteroatoms. The second-order valence-electron chi connectivity index (χ2n) is 5.99. The quantitative estimate of drug-likeness (QED) is 0.421. The molecule has 0 atom stereocenters. The Balaban J connectivity index is 1.77. The van der Waals surface area contributed by atoms with Crippen LogP contribution in [-0.2, 0) is 14.8 Å². The summed E-state index contributed by atoms with van der Waals surface area (Å²) in [7, 11) is -2.93. The third kappa shape index (κ3) is 4.93. The molecule has 30 heavy (non-hydrogen) atoms. The smallest absolute Gasteiger partial charge is 0.339 e. The van der Waals surface area contributed by atoms with Gasteiger partial charge in [0.1, 0.15) is 0 Å². The van der Waals surface area contributed by atoms with E-state index < -0.39 is 21.9 Å². The molecular weight excluding hydrogens is 452 g/mol. The van der Waals surface area contributed by atoms with Gasteiger partial charge in [-0.15, -0.1) is 10.2 Å². The van der Waals surface area contributed by atoms with Gasteiger partial charge in [-0.25, -0.2) is 4.79 Å². The average Bonchev–Trinajstić information content (AvgIpc) is 3.18. The molecule has 3 rings (SSSR count). The Hall–Kier alpha value is -3.02. The first kappa shape index (κ1) is 21.7. The van der Waals surface area contributed by atoms with Gasteiger partial charge in [-0.3, -0.25) is 14.8 Å². The SMILES string of the molecule is COC(=O)c1cc(NS(=O)(=O)c2nnc(NC(=O)c3cccc(C)c3)s2)ccc1Cl. The lowest BCUT2D eigenvalue weighted by molar-refractivity contribution is 0.0601. The van der Waals surface area contributed by atoms with Crippen molar-refractivity contribution in [3.05, 3.63) is 64.2 Å². The van der Waals surface area contributed by atoms with Gasteiger partial charge in [0.2, 0.25) is 5.13 Å². The highest BCUT2D eigenvalue weighted by atomic mass is 35.5. The van der Waals surface area contributed by atoms with Gasteiger partial charge in [-0.2, -0.15) is 8.42 Å². The third-order valence-corrected chi connectivity index (χ3v) is 6.68. The van der Waals surface area contributed by atoms with Crippen LogP contribution in [0.15, 0.2) is 46.8 Å². The predicted octanol–water partition coefficient (Wildman–Crippen LogP) is 3.34. The van der Waals surface area contributed by atoms with Gasteiger partial charge in [0.25, 0.3) is 20.3 Å². The third-order valence-electron chi connectivity index (χ3n) is 3.76. The summed E-state index contributed by atoms with van der Waals surface area (Å²) in [5.74, 6) is -1.15. The number of nitrogens with one attached hydrogen (secondary N) is 2. The summed E-state index contributed by atoms with van der Waals surface area (Å²) in [4.78, 5) is 24.0. The van der Waals surface area contributed by atoms with E-state index in [0.29, 0.717) is 16.9 Å². The number of anilines is 2. The Kier molecular flexibility index (Phi) is 6.34. The molecule has 0 aliphatic heterocycles. The zero-order valence-corrected chi connectivity index (χ0v) is 18.1. The van der Waals surface area contributed by atoms with Crippen molar-refractivity contribution in [2.45, 2.75) is 11.3 Å². The van der Waals surface area contributed by atoms with Gasteiger partial charge in [-0.1, -0.05) is 40.6 Å². The lowest BCUT2D eigenvalue weighted by Crippen LogP contribution is -2.13. The molecule has 0 unspecified atom stereocenters. The highest BCUT2D eigenvalue weighted by molar-refractivity contribution is 7.94. The minimum Gasteiger partial charge on any atom is -0.465 e. The fraction of sp³-hybridized carbons (Fsp3) is 0.111. The number of amides is 1. The van der Waals surface area contributed by atoms with Crippen LogP contribution in [0.3, 0.4) is 0 Å². The van der Waals surface area contributed by atoms with Gasteiger partial charge >= 0.3 is 5.97 Å². The number of hydrogen-bond acceptors (Lipinski definition) is 8. The highest BCUT2D eigenvalue weighted by Gasteiger charge is 2.22. The number of sulfonamides is 1. The van der Waals surface area contributed by atoms with Crippen LogP contribution < -0.4 is 10.0 Å². The molecule has 0 spiro atoms. The van der Waals surface area contributed by atoms with Crippen LogP contribution in [0.5, 0.6) is 0 Å². The lowest BCUT2D eigenvalue weighted by atomic mass is 10.1. The standard InChI is InChI=1S/C18H15ClN4O5S2/c1-10-4-3-5-11(8-10)15(24)20-17-21-22-18(29-17)30(26,27)23-12-6-7-14(19)13(9-12)16(25)28-2/h3-9,23H,1-2H3,(H,20,21,24). The molecule has 2 aromatic carbocycles. The Morgan fingerprint density at radius 1 is 1.13 bits per heavy atom. The summed E-state index contributed by atoms with van der Waals surface area (Å²) in [5.41, 5.74) is 1.40. The monoisotopic (exact) mass is 466 g/mol. The average molecular weight is 467 g/mol. The van der Waals surface area contributed by atoms with Crippen LogP contribution in [-0.4, -0.2) is 37.6 Å². The van der Waals surface area contributed by atoms with Crippen molar-refractivity contribution in [3.63, 3.8) is 0 Å². The van der Waals surface area contributed by atoms with Crippen LogP contribution in [0, 0.1) is 6.92 Å². The minimum atomic E-state index is -4.11. The van der Waals surface area contributed by atoms with Crippen molar-refractivity contribution in [1.29, 1.82) is 0 Å².